The SMILES string of the molecule is O=C(NCC1(CO)CCCC1)c1[nH]c(-c2ccc(F)cc2)[n+]2ccccc12. The van der Waals surface area contributed by atoms with E-state index in [1.165, 1.54) is 12.1 Å². The maximum atomic E-state index is 13.3. The predicted octanol–water partition coefficient (Wildman–Crippen LogP) is 2.84. The van der Waals surface area contributed by atoms with Crippen LogP contribution >= 0.6 is 0 Å². The average Bonchev–Trinajstić information content (AvgIpc) is 3.32. The van der Waals surface area contributed by atoms with Gasteiger partial charge in [0.05, 0.1) is 18.4 Å². The van der Waals surface area contributed by atoms with E-state index in [4.69, 9.17) is 0 Å². The lowest BCUT2D eigenvalue weighted by molar-refractivity contribution is -0.498. The number of aliphatic hydroxyl groups excluding tert-OH is 1. The van der Waals surface area contributed by atoms with E-state index in [2.05, 4.69) is 10.3 Å². The number of nitrogens with one attached hydrogen (secondary N) is 2. The number of H-pyrrole nitrogens is 1. The molecule has 140 valence electrons. The van der Waals surface area contributed by atoms with Gasteiger partial charge in [-0.3, -0.25) is 4.79 Å². The molecule has 2 aromatic heterocycles. The molecule has 1 aliphatic carbocycles. The molecule has 3 aromatic rings. The van der Waals surface area contributed by atoms with E-state index in [0.29, 0.717) is 18.1 Å². The van der Waals surface area contributed by atoms with Crippen molar-refractivity contribution in [3.8, 4) is 11.4 Å². The van der Waals surface area contributed by atoms with Gasteiger partial charge in [-0.2, -0.15) is 4.40 Å². The molecule has 3 N–H and O–H groups in total. The predicted molar refractivity (Wildman–Crippen MR) is 99.7 cm³/mol. The van der Waals surface area contributed by atoms with Crippen LogP contribution in [0.1, 0.15) is 36.2 Å². The molecule has 0 saturated heterocycles. The summed E-state index contributed by atoms with van der Waals surface area (Å²) >= 11 is 0. The minimum Gasteiger partial charge on any atom is -0.396 e. The van der Waals surface area contributed by atoms with Crippen molar-refractivity contribution >= 4 is 11.4 Å². The Bertz CT molecular complexity index is 959. The molecule has 1 aliphatic rings. The fraction of sp³-hybridized carbons (Fsp3) is 0.333. The monoisotopic (exact) mass is 368 g/mol. The first-order valence-corrected chi connectivity index (χ1v) is 9.29. The second-order valence-electron chi connectivity index (χ2n) is 7.36. The Kier molecular flexibility index (Phi) is 4.66. The van der Waals surface area contributed by atoms with Crippen LogP contribution < -0.4 is 9.72 Å². The highest BCUT2D eigenvalue weighted by atomic mass is 19.1. The Hall–Kier alpha value is -2.73. The Morgan fingerprint density at radius 2 is 1.93 bits per heavy atom. The molecule has 5 nitrogen and oxygen atoms in total. The molecule has 4 rings (SSSR count). The van der Waals surface area contributed by atoms with E-state index in [-0.39, 0.29) is 23.7 Å². The van der Waals surface area contributed by atoms with Gasteiger partial charge in [-0.15, -0.1) is 0 Å². The van der Waals surface area contributed by atoms with Crippen LogP contribution in [-0.2, 0) is 0 Å². The zero-order valence-corrected chi connectivity index (χ0v) is 15.0. The van der Waals surface area contributed by atoms with Gasteiger partial charge in [0.15, 0.2) is 5.52 Å². The fourth-order valence-corrected chi connectivity index (χ4v) is 3.95. The molecular formula is C21H23FN3O2+. The number of aromatic nitrogens is 2. The number of carbonyl (C=O) groups excluding carboxylic acids is 1. The number of aromatic amines is 1. The summed E-state index contributed by atoms with van der Waals surface area (Å²) in [6.45, 7) is 0.556. The average molecular weight is 368 g/mol. The van der Waals surface area contributed by atoms with Crippen molar-refractivity contribution in [3.05, 3.63) is 60.2 Å². The second-order valence-corrected chi connectivity index (χ2v) is 7.36. The molecule has 1 saturated carbocycles. The van der Waals surface area contributed by atoms with E-state index in [9.17, 15) is 14.3 Å². The number of hydrogen-bond acceptors (Lipinski definition) is 2. The van der Waals surface area contributed by atoms with E-state index >= 15 is 0 Å². The molecule has 2 heterocycles. The van der Waals surface area contributed by atoms with Gasteiger partial charge in [0.25, 0.3) is 11.7 Å². The summed E-state index contributed by atoms with van der Waals surface area (Å²) in [5.74, 6) is 0.212. The van der Waals surface area contributed by atoms with Crippen molar-refractivity contribution in [2.24, 2.45) is 5.41 Å². The molecule has 1 amide bonds. The Balaban J connectivity index is 1.65. The maximum Gasteiger partial charge on any atom is 0.295 e. The number of nitrogens with zero attached hydrogens (tertiary/aromatic N) is 1. The number of fused-ring (bicyclic) bond motifs is 1. The minimum atomic E-state index is -0.302. The number of imidazole rings is 1. The number of amides is 1. The third-order valence-electron chi connectivity index (χ3n) is 5.57. The summed E-state index contributed by atoms with van der Waals surface area (Å²) in [5.41, 5.74) is 1.80. The van der Waals surface area contributed by atoms with Crippen LogP contribution in [0.2, 0.25) is 0 Å². The number of carbonyl (C=O) groups is 1. The van der Waals surface area contributed by atoms with Crippen LogP contribution in [0.15, 0.2) is 48.7 Å². The molecule has 27 heavy (non-hydrogen) atoms. The highest BCUT2D eigenvalue weighted by molar-refractivity contribution is 5.98. The first-order valence-electron chi connectivity index (χ1n) is 9.29. The largest absolute Gasteiger partial charge is 0.396 e. The molecule has 0 radical (unpaired) electrons. The van der Waals surface area contributed by atoms with Crippen LogP contribution in [0.3, 0.4) is 0 Å². The minimum absolute atomic E-state index is 0.0916. The standard InChI is InChI=1S/C21H22FN3O2/c22-16-8-6-15(7-9-16)19-24-18(17-5-1-4-12-25(17)19)20(27)23-13-21(14-26)10-2-3-11-21/h1,4-9,12,26H,2-3,10-11,13-14H2,(H,23,27)/p+1. The third kappa shape index (κ3) is 3.32. The van der Waals surface area contributed by atoms with E-state index in [1.807, 2.05) is 28.8 Å². The highest BCUT2D eigenvalue weighted by Crippen LogP contribution is 2.37. The number of aliphatic hydroxyl groups is 1. The second kappa shape index (κ2) is 7.12. The van der Waals surface area contributed by atoms with Crippen LogP contribution in [0.5, 0.6) is 0 Å². The molecule has 0 atom stereocenters. The van der Waals surface area contributed by atoms with Gasteiger partial charge in [0.1, 0.15) is 5.82 Å². The van der Waals surface area contributed by atoms with Gasteiger partial charge in [0.2, 0.25) is 5.69 Å². The van der Waals surface area contributed by atoms with Gasteiger partial charge in [-0.25, -0.2) is 9.37 Å². The lowest BCUT2D eigenvalue weighted by Crippen LogP contribution is -2.38. The number of rotatable bonds is 5. The summed E-state index contributed by atoms with van der Waals surface area (Å²) in [6, 6.07) is 11.8. The van der Waals surface area contributed by atoms with Crippen molar-refractivity contribution < 1.29 is 18.7 Å². The number of benzene rings is 1. The van der Waals surface area contributed by atoms with Crippen LogP contribution in [0.25, 0.3) is 16.9 Å². The van der Waals surface area contributed by atoms with Gasteiger partial charge in [-0.1, -0.05) is 18.9 Å². The molecular weight excluding hydrogens is 345 g/mol. The van der Waals surface area contributed by atoms with Gasteiger partial charge in [0, 0.05) is 12.0 Å². The molecule has 6 heteroatoms. The van der Waals surface area contributed by atoms with Crippen LogP contribution in [0, 0.1) is 11.2 Å². The van der Waals surface area contributed by atoms with E-state index < -0.39 is 0 Å². The molecule has 1 fully saturated rings. The summed E-state index contributed by atoms with van der Waals surface area (Å²) < 4.78 is 15.2. The Morgan fingerprint density at radius 1 is 1.19 bits per heavy atom. The van der Waals surface area contributed by atoms with Gasteiger partial charge >= 0.3 is 0 Å². The zero-order valence-electron chi connectivity index (χ0n) is 15.0. The normalized spacial score (nSPS) is 15.9. The molecule has 1 aromatic carbocycles. The van der Waals surface area contributed by atoms with E-state index in [0.717, 1.165) is 36.8 Å². The van der Waals surface area contributed by atoms with Crippen LogP contribution in [0.4, 0.5) is 4.39 Å². The van der Waals surface area contributed by atoms with Crippen molar-refractivity contribution in [3.63, 3.8) is 0 Å². The quantitative estimate of drug-likeness (QED) is 0.606. The van der Waals surface area contributed by atoms with Crippen molar-refractivity contribution in [1.29, 1.82) is 0 Å². The molecule has 0 spiro atoms. The lowest BCUT2D eigenvalue weighted by Gasteiger charge is -2.26. The van der Waals surface area contributed by atoms with E-state index in [1.54, 1.807) is 12.1 Å². The smallest absolute Gasteiger partial charge is 0.295 e. The Labute approximate surface area is 156 Å². The number of pyridine rings is 1. The fourth-order valence-electron chi connectivity index (χ4n) is 3.95. The molecule has 0 unspecified atom stereocenters. The number of hydrogen-bond donors (Lipinski definition) is 3. The summed E-state index contributed by atoms with van der Waals surface area (Å²) in [5, 5.41) is 12.7. The van der Waals surface area contributed by atoms with Crippen molar-refractivity contribution in [2.75, 3.05) is 13.2 Å². The summed E-state index contributed by atoms with van der Waals surface area (Å²) in [7, 11) is 0. The third-order valence-corrected chi connectivity index (χ3v) is 5.57. The topological polar surface area (TPSA) is 69.2 Å². The maximum absolute atomic E-state index is 13.3. The first kappa shape index (κ1) is 17.7. The summed E-state index contributed by atoms with van der Waals surface area (Å²) in [4.78, 5) is 16.1. The highest BCUT2D eigenvalue weighted by Gasteiger charge is 2.34. The number of halogens is 1. The lowest BCUT2D eigenvalue weighted by atomic mass is 9.87. The molecule has 0 aliphatic heterocycles. The van der Waals surface area contributed by atoms with Gasteiger partial charge < -0.3 is 10.4 Å². The zero-order chi connectivity index (χ0) is 18.9. The van der Waals surface area contributed by atoms with Crippen molar-refractivity contribution in [1.82, 2.24) is 10.3 Å². The first-order chi connectivity index (χ1) is 13.1. The summed E-state index contributed by atoms with van der Waals surface area (Å²) in [6.07, 6.45) is 5.92. The van der Waals surface area contributed by atoms with Crippen molar-refractivity contribution in [2.45, 2.75) is 25.7 Å². The van der Waals surface area contributed by atoms with Crippen LogP contribution in [-0.4, -0.2) is 29.1 Å². The van der Waals surface area contributed by atoms with Gasteiger partial charge in [-0.05, 0) is 49.2 Å². The molecule has 0 bridgehead atoms. The Morgan fingerprint density at radius 3 is 2.63 bits per heavy atom.